The summed E-state index contributed by atoms with van der Waals surface area (Å²) in [7, 11) is -3.57. The normalized spacial score (nSPS) is 15.1. The molecular formula is C19H20N2O6S. The Bertz CT molecular complexity index is 966. The van der Waals surface area contributed by atoms with Gasteiger partial charge in [0.05, 0.1) is 20.9 Å². The Morgan fingerprint density at radius 1 is 1.04 bits per heavy atom. The van der Waals surface area contributed by atoms with Gasteiger partial charge in [-0.25, -0.2) is 13.2 Å². The number of rotatable bonds is 6. The lowest BCUT2D eigenvalue weighted by atomic mass is 10.2. The van der Waals surface area contributed by atoms with Crippen LogP contribution in [0.1, 0.15) is 35.2 Å². The number of hydrogen-bond acceptors (Lipinski definition) is 6. The van der Waals surface area contributed by atoms with Crippen molar-refractivity contribution >= 4 is 21.7 Å². The number of nitro benzene ring substituents is 1. The number of hydrogen-bond donors (Lipinski definition) is 0. The summed E-state index contributed by atoms with van der Waals surface area (Å²) in [6, 6.07) is 11.5. The molecule has 2 aromatic rings. The lowest BCUT2D eigenvalue weighted by Crippen LogP contribution is -2.35. The van der Waals surface area contributed by atoms with E-state index in [0.29, 0.717) is 13.1 Å². The van der Waals surface area contributed by atoms with Crippen molar-refractivity contribution in [3.63, 3.8) is 0 Å². The number of carbonyl (C=O) groups excluding carboxylic acids is 1. The van der Waals surface area contributed by atoms with Crippen molar-refractivity contribution in [1.82, 2.24) is 4.31 Å². The van der Waals surface area contributed by atoms with Gasteiger partial charge in [0, 0.05) is 19.2 Å². The summed E-state index contributed by atoms with van der Waals surface area (Å²) >= 11 is 0. The Hall–Kier alpha value is -2.78. The zero-order valence-corrected chi connectivity index (χ0v) is 15.9. The van der Waals surface area contributed by atoms with E-state index in [1.54, 1.807) is 6.07 Å². The molecule has 2 aromatic carbocycles. The molecule has 0 atom stereocenters. The lowest BCUT2D eigenvalue weighted by molar-refractivity contribution is -0.385. The maximum absolute atomic E-state index is 12.6. The fraction of sp³-hybridized carbons (Fsp3) is 0.316. The van der Waals surface area contributed by atoms with Crippen molar-refractivity contribution in [2.75, 3.05) is 13.1 Å². The van der Waals surface area contributed by atoms with Gasteiger partial charge in [-0.05, 0) is 43.2 Å². The summed E-state index contributed by atoms with van der Waals surface area (Å²) in [5, 5.41) is 11.0. The van der Waals surface area contributed by atoms with Gasteiger partial charge in [-0.3, -0.25) is 10.1 Å². The molecule has 1 fully saturated rings. The first-order valence-corrected chi connectivity index (χ1v) is 10.3. The average molecular weight is 404 g/mol. The highest BCUT2D eigenvalue weighted by atomic mass is 32.2. The van der Waals surface area contributed by atoms with E-state index in [1.165, 1.54) is 46.8 Å². The van der Waals surface area contributed by atoms with Gasteiger partial charge < -0.3 is 4.74 Å². The van der Waals surface area contributed by atoms with Crippen molar-refractivity contribution in [3.8, 4) is 0 Å². The summed E-state index contributed by atoms with van der Waals surface area (Å²) in [6.45, 7) is 0.758. The van der Waals surface area contributed by atoms with E-state index in [0.717, 1.165) is 19.3 Å². The zero-order chi connectivity index (χ0) is 20.1. The molecule has 0 bridgehead atoms. The third kappa shape index (κ3) is 4.37. The SMILES string of the molecule is O=C(OCc1ccccc1[N+](=O)[O-])c1ccc(S(=O)(=O)N2CCCCC2)cc1. The number of esters is 1. The Kier molecular flexibility index (Phi) is 6.05. The fourth-order valence-electron chi connectivity index (χ4n) is 3.05. The van der Waals surface area contributed by atoms with Crippen molar-refractivity contribution in [1.29, 1.82) is 0 Å². The lowest BCUT2D eigenvalue weighted by Gasteiger charge is -2.25. The van der Waals surface area contributed by atoms with Crippen LogP contribution >= 0.6 is 0 Å². The standard InChI is InChI=1S/C19H20N2O6S/c22-19(27-14-16-6-2-3-7-18(16)21(23)24)15-8-10-17(11-9-15)28(25,26)20-12-4-1-5-13-20/h2-3,6-11H,1,4-5,12-14H2. The first-order valence-electron chi connectivity index (χ1n) is 8.89. The monoisotopic (exact) mass is 404 g/mol. The van der Waals surface area contributed by atoms with Gasteiger partial charge in [0.25, 0.3) is 5.69 Å². The van der Waals surface area contributed by atoms with E-state index in [1.807, 2.05) is 0 Å². The molecule has 1 aliphatic rings. The number of sulfonamides is 1. The predicted octanol–water partition coefficient (Wildman–Crippen LogP) is 3.13. The van der Waals surface area contributed by atoms with Crippen LogP contribution in [0.3, 0.4) is 0 Å². The zero-order valence-electron chi connectivity index (χ0n) is 15.1. The minimum Gasteiger partial charge on any atom is -0.457 e. The van der Waals surface area contributed by atoms with Crippen LogP contribution in [-0.2, 0) is 21.4 Å². The van der Waals surface area contributed by atoms with Crippen LogP contribution in [0.5, 0.6) is 0 Å². The predicted molar refractivity (Wildman–Crippen MR) is 101 cm³/mol. The van der Waals surface area contributed by atoms with Crippen LogP contribution in [0.15, 0.2) is 53.4 Å². The van der Waals surface area contributed by atoms with Crippen LogP contribution in [0.2, 0.25) is 0 Å². The van der Waals surface area contributed by atoms with Crippen LogP contribution in [0.4, 0.5) is 5.69 Å². The fourth-order valence-corrected chi connectivity index (χ4v) is 4.57. The number of piperidine rings is 1. The van der Waals surface area contributed by atoms with Gasteiger partial charge in [0.15, 0.2) is 0 Å². The van der Waals surface area contributed by atoms with Crippen LogP contribution in [-0.4, -0.2) is 36.7 Å². The molecule has 9 heteroatoms. The molecule has 0 N–H and O–H groups in total. The van der Waals surface area contributed by atoms with Gasteiger partial charge in [-0.1, -0.05) is 18.6 Å². The summed E-state index contributed by atoms with van der Waals surface area (Å²) in [6.07, 6.45) is 2.71. The Morgan fingerprint density at radius 3 is 2.32 bits per heavy atom. The third-order valence-electron chi connectivity index (χ3n) is 4.59. The summed E-state index contributed by atoms with van der Waals surface area (Å²) in [5.41, 5.74) is 0.333. The molecular weight excluding hydrogens is 384 g/mol. The molecule has 1 aliphatic heterocycles. The quantitative estimate of drug-likeness (QED) is 0.416. The second kappa shape index (κ2) is 8.49. The Labute approximate surface area is 162 Å². The van der Waals surface area contributed by atoms with E-state index in [2.05, 4.69) is 0 Å². The number of benzene rings is 2. The first-order chi connectivity index (χ1) is 13.4. The van der Waals surface area contributed by atoms with E-state index in [9.17, 15) is 23.3 Å². The maximum atomic E-state index is 12.6. The van der Waals surface area contributed by atoms with Crippen LogP contribution < -0.4 is 0 Å². The topological polar surface area (TPSA) is 107 Å². The molecule has 3 rings (SSSR count). The molecule has 0 unspecified atom stereocenters. The first kappa shape index (κ1) is 20.0. The van der Waals surface area contributed by atoms with Crippen molar-refractivity contribution in [2.24, 2.45) is 0 Å². The van der Waals surface area contributed by atoms with E-state index in [4.69, 9.17) is 4.74 Å². The molecule has 0 aliphatic carbocycles. The molecule has 148 valence electrons. The number of nitrogens with zero attached hydrogens (tertiary/aromatic N) is 2. The average Bonchev–Trinajstić information content (AvgIpc) is 2.73. The van der Waals surface area contributed by atoms with E-state index in [-0.39, 0.29) is 28.3 Å². The Morgan fingerprint density at radius 2 is 1.68 bits per heavy atom. The number of para-hydroxylation sites is 1. The second-order valence-electron chi connectivity index (χ2n) is 6.45. The number of nitro groups is 1. The molecule has 1 heterocycles. The number of ether oxygens (including phenoxy) is 1. The van der Waals surface area contributed by atoms with Crippen LogP contribution in [0.25, 0.3) is 0 Å². The van der Waals surface area contributed by atoms with Gasteiger partial charge >= 0.3 is 5.97 Å². The molecule has 0 amide bonds. The van der Waals surface area contributed by atoms with Crippen molar-refractivity contribution in [2.45, 2.75) is 30.8 Å². The highest BCUT2D eigenvalue weighted by Crippen LogP contribution is 2.22. The van der Waals surface area contributed by atoms with Gasteiger partial charge in [0.2, 0.25) is 10.0 Å². The summed E-state index contributed by atoms with van der Waals surface area (Å²) < 4.78 is 31.9. The molecule has 0 saturated carbocycles. The largest absolute Gasteiger partial charge is 0.457 e. The minimum absolute atomic E-state index is 0.127. The smallest absolute Gasteiger partial charge is 0.338 e. The minimum atomic E-state index is -3.57. The van der Waals surface area contributed by atoms with Gasteiger partial charge in [-0.15, -0.1) is 0 Å². The van der Waals surface area contributed by atoms with Crippen LogP contribution in [0, 0.1) is 10.1 Å². The molecule has 28 heavy (non-hydrogen) atoms. The second-order valence-corrected chi connectivity index (χ2v) is 8.39. The highest BCUT2D eigenvalue weighted by Gasteiger charge is 2.26. The van der Waals surface area contributed by atoms with Gasteiger partial charge in [-0.2, -0.15) is 4.31 Å². The molecule has 0 aromatic heterocycles. The molecule has 1 saturated heterocycles. The number of carbonyl (C=O) groups is 1. The van der Waals surface area contributed by atoms with E-state index < -0.39 is 20.9 Å². The van der Waals surface area contributed by atoms with E-state index >= 15 is 0 Å². The third-order valence-corrected chi connectivity index (χ3v) is 6.50. The molecule has 8 nitrogen and oxygen atoms in total. The summed E-state index contributed by atoms with van der Waals surface area (Å²) in [5.74, 6) is -0.680. The molecule has 0 spiro atoms. The van der Waals surface area contributed by atoms with Crippen molar-refractivity contribution < 1.29 is 22.9 Å². The van der Waals surface area contributed by atoms with Crippen molar-refractivity contribution in [3.05, 3.63) is 69.8 Å². The van der Waals surface area contributed by atoms with Gasteiger partial charge in [0.1, 0.15) is 6.61 Å². The molecule has 0 radical (unpaired) electrons. The maximum Gasteiger partial charge on any atom is 0.338 e. The highest BCUT2D eigenvalue weighted by molar-refractivity contribution is 7.89. The Balaban J connectivity index is 1.68. The summed E-state index contributed by atoms with van der Waals surface area (Å²) in [4.78, 5) is 22.8.